The number of phenols is 1. The van der Waals surface area contributed by atoms with Gasteiger partial charge >= 0.3 is 16.8 Å². The molecule has 0 aliphatic rings. The van der Waals surface area contributed by atoms with Gasteiger partial charge in [0, 0.05) is 29.4 Å². The van der Waals surface area contributed by atoms with E-state index in [-0.39, 0.29) is 23.5 Å². The fourth-order valence-corrected chi connectivity index (χ4v) is 5.45. The summed E-state index contributed by atoms with van der Waals surface area (Å²) in [5.41, 5.74) is 2.22. The highest BCUT2D eigenvalue weighted by Gasteiger charge is 2.15. The Morgan fingerprint density at radius 1 is 1.00 bits per heavy atom. The number of hydrogen-bond acceptors (Lipinski definition) is 9. The van der Waals surface area contributed by atoms with E-state index in [2.05, 4.69) is 21.7 Å². The summed E-state index contributed by atoms with van der Waals surface area (Å²) in [6, 6.07) is 11.1. The Morgan fingerprint density at radius 2 is 1.72 bits per heavy atom. The van der Waals surface area contributed by atoms with E-state index in [4.69, 9.17) is 21.8 Å². The minimum atomic E-state index is -1.08. The number of aromatic amines is 1. The number of hydrogen-bond donors (Lipinski definition) is 7. The molecule has 3 rings (SSSR count). The Labute approximate surface area is 239 Å². The van der Waals surface area contributed by atoms with Crippen molar-refractivity contribution in [1.82, 2.24) is 15.6 Å². The van der Waals surface area contributed by atoms with Crippen molar-refractivity contribution in [2.45, 2.75) is 31.8 Å². The molecule has 214 valence electrons. The zero-order valence-electron chi connectivity index (χ0n) is 21.3. The van der Waals surface area contributed by atoms with Crippen LogP contribution in [0.25, 0.3) is 10.2 Å². The predicted molar refractivity (Wildman–Crippen MR) is 156 cm³/mol. The normalized spacial score (nSPS) is 11.6. The molecule has 0 bridgehead atoms. The quantitative estimate of drug-likeness (QED) is 0.121. The van der Waals surface area contributed by atoms with Crippen molar-refractivity contribution >= 4 is 56.9 Å². The minimum Gasteiger partial charge on any atom is -0.506 e. The monoisotopic (exact) mass is 599 g/mol. The van der Waals surface area contributed by atoms with E-state index in [0.717, 1.165) is 60.3 Å². The number of phenolic OH excluding ortho intramolecular Hbond substituents is 1. The summed E-state index contributed by atoms with van der Waals surface area (Å²) in [6.07, 6.45) is 0.714. The van der Waals surface area contributed by atoms with E-state index in [1.165, 1.54) is 11.6 Å². The number of carboxylic acids is 2. The van der Waals surface area contributed by atoms with Gasteiger partial charge in [0.15, 0.2) is 0 Å². The second-order valence-corrected chi connectivity index (χ2v) is 11.1. The predicted octanol–water partition coefficient (Wildman–Crippen LogP) is 3.46. The molecule has 0 aliphatic heterocycles. The lowest BCUT2D eigenvalue weighted by Gasteiger charge is -2.13. The van der Waals surface area contributed by atoms with Crippen molar-refractivity contribution in [3.8, 4) is 5.75 Å². The fraction of sp³-hybridized carbons (Fsp3) is 0.423. The fourth-order valence-electron chi connectivity index (χ4n) is 3.46. The summed E-state index contributed by atoms with van der Waals surface area (Å²) in [4.78, 5) is 33.2. The molecule has 1 atom stereocenters. The van der Waals surface area contributed by atoms with Crippen LogP contribution < -0.4 is 15.5 Å². The van der Waals surface area contributed by atoms with Gasteiger partial charge in [0.2, 0.25) is 0 Å². The van der Waals surface area contributed by atoms with E-state index in [0.29, 0.717) is 22.3 Å². The SMILES string of the molecule is O=C(O)CCC(=O)O.O=c1[nH]c2c(O)ccc([C@@H](O)CNCCSCCCNCCc3ccccc3Cl)c2s1. The summed E-state index contributed by atoms with van der Waals surface area (Å²) in [6.45, 7) is 3.11. The molecular weight excluding hydrogens is 566 g/mol. The molecule has 0 saturated heterocycles. The number of carboxylic acid groups (broad SMARTS) is 2. The third-order valence-corrected chi connectivity index (χ3v) is 7.80. The van der Waals surface area contributed by atoms with Crippen LogP contribution in [0.15, 0.2) is 41.2 Å². The Bertz CT molecular complexity index is 1240. The molecular formula is C26H34ClN3O7S2. The second-order valence-electron chi connectivity index (χ2n) is 8.46. The molecule has 0 spiro atoms. The number of aliphatic carboxylic acids is 2. The number of nitrogens with one attached hydrogen (secondary N) is 3. The summed E-state index contributed by atoms with van der Waals surface area (Å²) in [5.74, 6) is -0.0829. The standard InChI is InChI=1S/C22H28ClN3O3S2.C4H6O4/c23-17-5-2-1-4-15(17)8-10-24-9-3-12-30-13-11-25-14-19(28)16-6-7-18(27)20-21(16)31-22(29)26-20;5-3(6)1-2-4(7)8/h1-2,4-7,19,24-25,27-28H,3,8-14H2,(H,26,29);1-2H2,(H,5,6)(H,7,8)/t19-;/m0./s1. The van der Waals surface area contributed by atoms with Gasteiger partial charge in [-0.25, -0.2) is 0 Å². The lowest BCUT2D eigenvalue weighted by molar-refractivity contribution is -0.143. The summed E-state index contributed by atoms with van der Waals surface area (Å²) in [7, 11) is 0. The van der Waals surface area contributed by atoms with Crippen LogP contribution >= 0.6 is 34.7 Å². The van der Waals surface area contributed by atoms with Gasteiger partial charge in [-0.3, -0.25) is 14.4 Å². The van der Waals surface area contributed by atoms with Crippen molar-refractivity contribution in [3.63, 3.8) is 0 Å². The highest BCUT2D eigenvalue weighted by molar-refractivity contribution is 7.99. The molecule has 13 heteroatoms. The van der Waals surface area contributed by atoms with Gasteiger partial charge in [-0.2, -0.15) is 11.8 Å². The van der Waals surface area contributed by atoms with Crippen LogP contribution in [0.1, 0.15) is 36.5 Å². The van der Waals surface area contributed by atoms with Crippen LogP contribution in [0, 0.1) is 0 Å². The van der Waals surface area contributed by atoms with Crippen molar-refractivity contribution in [1.29, 1.82) is 0 Å². The largest absolute Gasteiger partial charge is 0.506 e. The number of rotatable bonds is 16. The first-order chi connectivity index (χ1) is 18.7. The Kier molecular flexibility index (Phi) is 14.9. The molecule has 0 unspecified atom stereocenters. The van der Waals surface area contributed by atoms with Gasteiger partial charge < -0.3 is 36.0 Å². The molecule has 10 nitrogen and oxygen atoms in total. The summed E-state index contributed by atoms with van der Waals surface area (Å²) in [5, 5.41) is 43.7. The Morgan fingerprint density at radius 3 is 2.41 bits per heavy atom. The topological polar surface area (TPSA) is 172 Å². The minimum absolute atomic E-state index is 0.0204. The first kappa shape index (κ1) is 32.6. The molecule has 0 aliphatic carbocycles. The smallest absolute Gasteiger partial charge is 0.305 e. The lowest BCUT2D eigenvalue weighted by Crippen LogP contribution is -2.24. The molecule has 0 radical (unpaired) electrons. The van der Waals surface area contributed by atoms with Gasteiger partial charge in [0.05, 0.1) is 23.6 Å². The van der Waals surface area contributed by atoms with E-state index < -0.39 is 18.0 Å². The van der Waals surface area contributed by atoms with Gasteiger partial charge in [-0.15, -0.1) is 0 Å². The molecule has 3 aromatic rings. The van der Waals surface area contributed by atoms with Gasteiger partial charge in [0.1, 0.15) is 11.3 Å². The number of H-pyrrole nitrogens is 1. The van der Waals surface area contributed by atoms with Crippen LogP contribution in [0.3, 0.4) is 0 Å². The number of benzene rings is 2. The molecule has 1 heterocycles. The molecule has 1 aromatic heterocycles. The third kappa shape index (κ3) is 12.4. The van der Waals surface area contributed by atoms with Gasteiger partial charge in [0.25, 0.3) is 0 Å². The highest BCUT2D eigenvalue weighted by atomic mass is 35.5. The molecule has 0 saturated carbocycles. The first-order valence-electron chi connectivity index (χ1n) is 12.4. The van der Waals surface area contributed by atoms with E-state index in [1.54, 1.807) is 6.07 Å². The van der Waals surface area contributed by atoms with Crippen LogP contribution in [0.5, 0.6) is 5.75 Å². The molecule has 0 fully saturated rings. The second kappa shape index (κ2) is 17.9. The van der Waals surface area contributed by atoms with Crippen molar-refractivity contribution in [3.05, 3.63) is 62.2 Å². The number of aromatic nitrogens is 1. The zero-order valence-corrected chi connectivity index (χ0v) is 23.7. The number of thioether (sulfide) groups is 1. The number of fused-ring (bicyclic) bond motifs is 1. The molecule has 7 N–H and O–H groups in total. The van der Waals surface area contributed by atoms with E-state index >= 15 is 0 Å². The Balaban J connectivity index is 0.000000580. The van der Waals surface area contributed by atoms with Gasteiger partial charge in [-0.05, 0) is 49.4 Å². The third-order valence-electron chi connectivity index (χ3n) is 5.43. The number of carbonyl (C=O) groups is 2. The number of aliphatic hydroxyl groups is 1. The van der Waals surface area contributed by atoms with E-state index in [9.17, 15) is 24.6 Å². The van der Waals surface area contributed by atoms with E-state index in [1.807, 2.05) is 30.0 Å². The maximum Gasteiger partial charge on any atom is 0.305 e. The maximum absolute atomic E-state index is 11.6. The maximum atomic E-state index is 11.6. The molecule has 39 heavy (non-hydrogen) atoms. The van der Waals surface area contributed by atoms with Crippen molar-refractivity contribution in [2.75, 3.05) is 37.7 Å². The zero-order chi connectivity index (χ0) is 28.6. The average Bonchev–Trinajstić information content (AvgIpc) is 3.29. The number of aliphatic hydroxyl groups excluding tert-OH is 1. The number of aromatic hydroxyl groups is 1. The Hall–Kier alpha value is -2.61. The van der Waals surface area contributed by atoms with Crippen LogP contribution in [0.4, 0.5) is 0 Å². The number of halogens is 1. The molecule has 0 amide bonds. The number of thiazole rings is 1. The first-order valence-corrected chi connectivity index (χ1v) is 14.7. The van der Waals surface area contributed by atoms with Gasteiger partial charge in [-0.1, -0.05) is 47.2 Å². The van der Waals surface area contributed by atoms with Crippen LogP contribution in [-0.4, -0.2) is 75.0 Å². The summed E-state index contributed by atoms with van der Waals surface area (Å²) < 4.78 is 0.607. The van der Waals surface area contributed by atoms with Crippen molar-refractivity contribution < 1.29 is 30.0 Å². The van der Waals surface area contributed by atoms with Crippen LogP contribution in [0.2, 0.25) is 5.02 Å². The molecule has 2 aromatic carbocycles. The highest BCUT2D eigenvalue weighted by Crippen LogP contribution is 2.31. The van der Waals surface area contributed by atoms with Crippen molar-refractivity contribution in [2.24, 2.45) is 0 Å². The van der Waals surface area contributed by atoms with Crippen LogP contribution in [-0.2, 0) is 16.0 Å². The average molecular weight is 600 g/mol. The summed E-state index contributed by atoms with van der Waals surface area (Å²) >= 11 is 9.04. The lowest BCUT2D eigenvalue weighted by atomic mass is 10.1.